The number of hydrogen-bond acceptors (Lipinski definition) is 2. The van der Waals surface area contributed by atoms with Gasteiger partial charge in [0.25, 0.3) is 0 Å². The van der Waals surface area contributed by atoms with Gasteiger partial charge in [-0.15, -0.1) is 0 Å². The summed E-state index contributed by atoms with van der Waals surface area (Å²) in [4.78, 5) is 11.0. The molecule has 1 heterocycles. The number of carbonyl (C=O) groups excluding carboxylic acids is 1. The number of para-hydroxylation sites is 1. The van der Waals surface area contributed by atoms with E-state index in [1.807, 2.05) is 12.1 Å². The highest BCUT2D eigenvalue weighted by molar-refractivity contribution is 5.83. The molecular formula is C13H17N3O. The van der Waals surface area contributed by atoms with Crippen LogP contribution in [-0.2, 0) is 11.3 Å². The van der Waals surface area contributed by atoms with Gasteiger partial charge < -0.3 is 4.57 Å². The predicted molar refractivity (Wildman–Crippen MR) is 68.2 cm³/mol. The molecule has 0 aliphatic heterocycles. The number of benzene rings is 1. The molecule has 3 N–H and O–H groups in total. The standard InChI is InChI=1S/C13H17N3O/c1-10-9-16(8-4-7-13(17)15-14)12-6-3-2-5-11(10)12/h2-3,5-6,9H,4,7-8,14H2,1H3,(H,15,17). The third-order valence-electron chi connectivity index (χ3n) is 2.95. The number of nitrogens with one attached hydrogen (secondary N) is 1. The Balaban J connectivity index is 2.11. The minimum absolute atomic E-state index is 0.113. The monoisotopic (exact) mass is 231 g/mol. The van der Waals surface area contributed by atoms with Crippen LogP contribution in [0.2, 0.25) is 0 Å². The molecule has 0 fully saturated rings. The summed E-state index contributed by atoms with van der Waals surface area (Å²) >= 11 is 0. The quantitative estimate of drug-likeness (QED) is 0.478. The van der Waals surface area contributed by atoms with E-state index in [0.717, 1.165) is 13.0 Å². The van der Waals surface area contributed by atoms with Gasteiger partial charge in [0.15, 0.2) is 0 Å². The summed E-state index contributed by atoms with van der Waals surface area (Å²) in [7, 11) is 0. The second-order valence-corrected chi connectivity index (χ2v) is 4.19. The van der Waals surface area contributed by atoms with Crippen molar-refractivity contribution >= 4 is 16.8 Å². The van der Waals surface area contributed by atoms with Gasteiger partial charge in [0, 0.05) is 30.1 Å². The first-order valence-electron chi connectivity index (χ1n) is 5.76. The van der Waals surface area contributed by atoms with E-state index in [-0.39, 0.29) is 5.91 Å². The van der Waals surface area contributed by atoms with Crippen LogP contribution in [0.5, 0.6) is 0 Å². The molecule has 0 aliphatic carbocycles. The Hall–Kier alpha value is -1.81. The van der Waals surface area contributed by atoms with Crippen LogP contribution in [0.25, 0.3) is 10.9 Å². The number of hydrogen-bond donors (Lipinski definition) is 2. The molecule has 1 aromatic heterocycles. The molecule has 0 saturated heterocycles. The van der Waals surface area contributed by atoms with Crippen molar-refractivity contribution in [3.8, 4) is 0 Å². The highest BCUT2D eigenvalue weighted by atomic mass is 16.2. The minimum atomic E-state index is -0.113. The van der Waals surface area contributed by atoms with Crippen LogP contribution in [0.3, 0.4) is 0 Å². The topological polar surface area (TPSA) is 60.0 Å². The summed E-state index contributed by atoms with van der Waals surface area (Å²) in [5.74, 6) is 4.93. The number of aromatic nitrogens is 1. The summed E-state index contributed by atoms with van der Waals surface area (Å²) in [5, 5.41) is 1.27. The fourth-order valence-corrected chi connectivity index (χ4v) is 2.10. The van der Waals surface area contributed by atoms with Gasteiger partial charge in [-0.1, -0.05) is 18.2 Å². The Bertz CT molecular complexity index is 530. The van der Waals surface area contributed by atoms with Crippen LogP contribution in [0, 0.1) is 6.92 Å². The van der Waals surface area contributed by atoms with E-state index >= 15 is 0 Å². The third kappa shape index (κ3) is 2.47. The van der Waals surface area contributed by atoms with E-state index in [4.69, 9.17) is 5.84 Å². The van der Waals surface area contributed by atoms with Gasteiger partial charge in [-0.3, -0.25) is 10.2 Å². The Morgan fingerprint density at radius 3 is 2.94 bits per heavy atom. The van der Waals surface area contributed by atoms with Gasteiger partial charge in [-0.25, -0.2) is 5.84 Å². The summed E-state index contributed by atoms with van der Waals surface area (Å²) in [6.45, 7) is 2.94. The Morgan fingerprint density at radius 2 is 2.18 bits per heavy atom. The fraction of sp³-hybridized carbons (Fsp3) is 0.308. The molecule has 1 amide bonds. The molecule has 4 nitrogen and oxygen atoms in total. The first kappa shape index (κ1) is 11.7. The van der Waals surface area contributed by atoms with Crippen molar-refractivity contribution in [2.75, 3.05) is 0 Å². The zero-order valence-electron chi connectivity index (χ0n) is 9.94. The van der Waals surface area contributed by atoms with Crippen LogP contribution in [0.1, 0.15) is 18.4 Å². The summed E-state index contributed by atoms with van der Waals surface area (Å²) in [5.41, 5.74) is 4.63. The molecule has 0 bridgehead atoms. The first-order valence-corrected chi connectivity index (χ1v) is 5.76. The van der Waals surface area contributed by atoms with Crippen LogP contribution >= 0.6 is 0 Å². The van der Waals surface area contributed by atoms with Crippen molar-refractivity contribution in [2.45, 2.75) is 26.3 Å². The van der Waals surface area contributed by atoms with Crippen molar-refractivity contribution in [3.63, 3.8) is 0 Å². The molecule has 0 aliphatic rings. The largest absolute Gasteiger partial charge is 0.347 e. The molecule has 0 radical (unpaired) electrons. The smallest absolute Gasteiger partial charge is 0.233 e. The van der Waals surface area contributed by atoms with E-state index < -0.39 is 0 Å². The van der Waals surface area contributed by atoms with Crippen molar-refractivity contribution in [1.82, 2.24) is 9.99 Å². The predicted octanol–water partition coefficient (Wildman–Crippen LogP) is 1.72. The lowest BCUT2D eigenvalue weighted by molar-refractivity contribution is -0.121. The molecule has 4 heteroatoms. The normalized spacial score (nSPS) is 10.7. The third-order valence-corrected chi connectivity index (χ3v) is 2.95. The van der Waals surface area contributed by atoms with E-state index in [0.29, 0.717) is 6.42 Å². The van der Waals surface area contributed by atoms with Crippen molar-refractivity contribution < 1.29 is 4.79 Å². The highest BCUT2D eigenvalue weighted by Crippen LogP contribution is 2.20. The molecular weight excluding hydrogens is 214 g/mol. The van der Waals surface area contributed by atoms with Gasteiger partial charge in [-0.05, 0) is 25.0 Å². The maximum absolute atomic E-state index is 11.0. The number of carbonyl (C=O) groups is 1. The summed E-state index contributed by atoms with van der Waals surface area (Å²) in [6, 6.07) is 8.30. The number of aryl methyl sites for hydroxylation is 2. The van der Waals surface area contributed by atoms with Crippen LogP contribution in [0.15, 0.2) is 30.5 Å². The lowest BCUT2D eigenvalue weighted by Gasteiger charge is -2.04. The van der Waals surface area contributed by atoms with Crippen LogP contribution in [-0.4, -0.2) is 10.5 Å². The molecule has 1 aromatic carbocycles. The molecule has 2 rings (SSSR count). The average Bonchev–Trinajstić information content (AvgIpc) is 2.67. The molecule has 0 spiro atoms. The maximum Gasteiger partial charge on any atom is 0.233 e. The van der Waals surface area contributed by atoms with E-state index in [9.17, 15) is 4.79 Å². The Morgan fingerprint density at radius 1 is 1.41 bits per heavy atom. The lowest BCUT2D eigenvalue weighted by atomic mass is 10.2. The minimum Gasteiger partial charge on any atom is -0.347 e. The maximum atomic E-state index is 11.0. The van der Waals surface area contributed by atoms with Gasteiger partial charge in [0.05, 0.1) is 0 Å². The number of rotatable bonds is 4. The average molecular weight is 231 g/mol. The Kier molecular flexibility index (Phi) is 3.44. The number of fused-ring (bicyclic) bond motifs is 1. The number of hydrazine groups is 1. The molecule has 2 aromatic rings. The van der Waals surface area contributed by atoms with Crippen molar-refractivity contribution in [3.05, 3.63) is 36.0 Å². The molecule has 0 atom stereocenters. The highest BCUT2D eigenvalue weighted by Gasteiger charge is 2.05. The number of amides is 1. The van der Waals surface area contributed by atoms with Gasteiger partial charge in [0.1, 0.15) is 0 Å². The lowest BCUT2D eigenvalue weighted by Crippen LogP contribution is -2.29. The second kappa shape index (κ2) is 5.01. The van der Waals surface area contributed by atoms with Gasteiger partial charge >= 0.3 is 0 Å². The number of nitrogens with zero attached hydrogens (tertiary/aromatic N) is 1. The zero-order chi connectivity index (χ0) is 12.3. The number of nitrogens with two attached hydrogens (primary N) is 1. The Labute approximate surface area is 100 Å². The molecule has 17 heavy (non-hydrogen) atoms. The summed E-state index contributed by atoms with van der Waals surface area (Å²) < 4.78 is 2.19. The van der Waals surface area contributed by atoms with Crippen LogP contribution in [0.4, 0.5) is 0 Å². The van der Waals surface area contributed by atoms with E-state index in [2.05, 4.69) is 35.2 Å². The molecule has 0 unspecified atom stereocenters. The second-order valence-electron chi connectivity index (χ2n) is 4.19. The first-order chi connectivity index (χ1) is 8.22. The van der Waals surface area contributed by atoms with Crippen molar-refractivity contribution in [1.29, 1.82) is 0 Å². The van der Waals surface area contributed by atoms with Crippen molar-refractivity contribution in [2.24, 2.45) is 5.84 Å². The molecule has 90 valence electrons. The van der Waals surface area contributed by atoms with Crippen LogP contribution < -0.4 is 11.3 Å². The zero-order valence-corrected chi connectivity index (χ0v) is 9.94. The molecule has 0 saturated carbocycles. The fourth-order valence-electron chi connectivity index (χ4n) is 2.10. The van der Waals surface area contributed by atoms with Gasteiger partial charge in [-0.2, -0.15) is 0 Å². The van der Waals surface area contributed by atoms with E-state index in [1.165, 1.54) is 16.5 Å². The van der Waals surface area contributed by atoms with E-state index in [1.54, 1.807) is 0 Å². The summed E-state index contributed by atoms with van der Waals surface area (Å²) in [6.07, 6.45) is 3.38. The van der Waals surface area contributed by atoms with Gasteiger partial charge in [0.2, 0.25) is 5.91 Å². The SMILES string of the molecule is Cc1cn(CCCC(=O)NN)c2ccccc12.